The number of hydrogen-bond donors (Lipinski definition) is 2. The number of amides is 1. The molecule has 0 fully saturated rings. The fourth-order valence-electron chi connectivity index (χ4n) is 1.34. The van der Waals surface area contributed by atoms with Crippen molar-refractivity contribution in [1.82, 2.24) is 5.32 Å². The van der Waals surface area contributed by atoms with Gasteiger partial charge in [0.25, 0.3) is 5.91 Å². The maximum Gasteiger partial charge on any atom is 0.250 e. The summed E-state index contributed by atoms with van der Waals surface area (Å²) in [5.41, 5.74) is 6.66. The number of hydrogen-bond acceptors (Lipinski definition) is 4. The molecule has 1 atom stereocenters. The summed E-state index contributed by atoms with van der Waals surface area (Å²) in [5.74, 6) is -0.159. The molecule has 1 unspecified atom stereocenters. The van der Waals surface area contributed by atoms with Crippen molar-refractivity contribution < 1.29 is 9.53 Å². The van der Waals surface area contributed by atoms with E-state index in [4.69, 9.17) is 10.5 Å². The van der Waals surface area contributed by atoms with Gasteiger partial charge in [-0.1, -0.05) is 0 Å². The summed E-state index contributed by atoms with van der Waals surface area (Å²) in [4.78, 5) is 14.0. The zero-order valence-corrected chi connectivity index (χ0v) is 10.7. The van der Waals surface area contributed by atoms with E-state index in [1.165, 1.54) is 17.6 Å². The van der Waals surface area contributed by atoms with E-state index in [0.29, 0.717) is 6.54 Å². The number of aryl methyl sites for hydroxylation is 2. The molecule has 1 rings (SSSR count). The van der Waals surface area contributed by atoms with Crippen LogP contribution in [-0.4, -0.2) is 25.7 Å². The molecule has 5 heteroatoms. The maximum absolute atomic E-state index is 11.6. The van der Waals surface area contributed by atoms with Gasteiger partial charge in [-0.25, -0.2) is 0 Å². The lowest BCUT2D eigenvalue weighted by molar-refractivity contribution is -0.130. The smallest absolute Gasteiger partial charge is 0.250 e. The number of carbonyl (C=O) groups is 1. The molecule has 1 aromatic rings. The van der Waals surface area contributed by atoms with Crippen molar-refractivity contribution in [2.24, 2.45) is 5.73 Å². The Bertz CT molecular complexity index is 339. The molecule has 16 heavy (non-hydrogen) atoms. The molecule has 0 radical (unpaired) electrons. The summed E-state index contributed by atoms with van der Waals surface area (Å²) in [5, 5.41) is 2.81. The van der Waals surface area contributed by atoms with Crippen molar-refractivity contribution >= 4 is 17.2 Å². The highest BCUT2D eigenvalue weighted by molar-refractivity contribution is 7.12. The molecule has 3 N–H and O–H groups in total. The van der Waals surface area contributed by atoms with Crippen LogP contribution in [0.5, 0.6) is 0 Å². The minimum Gasteiger partial charge on any atom is -0.370 e. The van der Waals surface area contributed by atoms with E-state index in [9.17, 15) is 4.79 Å². The molecular weight excluding hydrogens is 224 g/mol. The second kappa shape index (κ2) is 5.98. The third kappa shape index (κ3) is 3.30. The first-order chi connectivity index (χ1) is 7.58. The SMILES string of the molecule is COC(CN)C(=O)NCc1cc(C)c(C)s1. The number of carbonyl (C=O) groups excluding carboxylic acids is 1. The van der Waals surface area contributed by atoms with Gasteiger partial charge < -0.3 is 15.8 Å². The Morgan fingerprint density at radius 3 is 2.75 bits per heavy atom. The third-order valence-corrected chi connectivity index (χ3v) is 3.60. The van der Waals surface area contributed by atoms with Gasteiger partial charge in [-0.05, 0) is 25.5 Å². The van der Waals surface area contributed by atoms with Crippen LogP contribution in [0, 0.1) is 13.8 Å². The number of rotatable bonds is 5. The summed E-state index contributed by atoms with van der Waals surface area (Å²) in [6.45, 7) is 4.88. The van der Waals surface area contributed by atoms with Crippen LogP contribution in [-0.2, 0) is 16.1 Å². The zero-order valence-electron chi connectivity index (χ0n) is 9.87. The minimum atomic E-state index is -0.554. The van der Waals surface area contributed by atoms with Gasteiger partial charge in [0.2, 0.25) is 0 Å². The number of nitrogens with two attached hydrogens (primary N) is 1. The molecule has 0 bridgehead atoms. The number of nitrogens with one attached hydrogen (secondary N) is 1. The number of ether oxygens (including phenoxy) is 1. The Kier molecular flexibility index (Phi) is 4.92. The first kappa shape index (κ1) is 13.2. The second-order valence-electron chi connectivity index (χ2n) is 3.63. The highest BCUT2D eigenvalue weighted by Crippen LogP contribution is 2.20. The topological polar surface area (TPSA) is 64.3 Å². The van der Waals surface area contributed by atoms with E-state index in [1.807, 2.05) is 0 Å². The van der Waals surface area contributed by atoms with E-state index in [2.05, 4.69) is 25.2 Å². The lowest BCUT2D eigenvalue weighted by Crippen LogP contribution is -2.40. The third-order valence-electron chi connectivity index (χ3n) is 2.44. The number of methoxy groups -OCH3 is 1. The van der Waals surface area contributed by atoms with Crippen LogP contribution in [0.15, 0.2) is 6.07 Å². The molecule has 0 aliphatic rings. The first-order valence-electron chi connectivity index (χ1n) is 5.15. The van der Waals surface area contributed by atoms with Crippen LogP contribution in [0.4, 0.5) is 0 Å². The van der Waals surface area contributed by atoms with E-state index >= 15 is 0 Å². The van der Waals surface area contributed by atoms with Crippen molar-refractivity contribution in [2.75, 3.05) is 13.7 Å². The van der Waals surface area contributed by atoms with E-state index in [0.717, 1.165) is 4.88 Å². The average Bonchev–Trinajstić information content (AvgIpc) is 2.57. The Balaban J connectivity index is 2.48. The number of thiophene rings is 1. The molecular formula is C11H18N2O2S. The molecule has 4 nitrogen and oxygen atoms in total. The lowest BCUT2D eigenvalue weighted by atomic mass is 10.3. The quantitative estimate of drug-likeness (QED) is 0.808. The summed E-state index contributed by atoms with van der Waals surface area (Å²) >= 11 is 1.70. The van der Waals surface area contributed by atoms with Gasteiger partial charge in [0.1, 0.15) is 6.10 Å². The van der Waals surface area contributed by atoms with Crippen LogP contribution >= 0.6 is 11.3 Å². The fourth-order valence-corrected chi connectivity index (χ4v) is 2.33. The van der Waals surface area contributed by atoms with Gasteiger partial charge in [0.15, 0.2) is 0 Å². The molecule has 0 spiro atoms. The predicted octanol–water partition coefficient (Wildman–Crippen LogP) is 0.955. The summed E-state index contributed by atoms with van der Waals surface area (Å²) in [7, 11) is 1.48. The van der Waals surface area contributed by atoms with Gasteiger partial charge in [0.05, 0.1) is 6.54 Å². The average molecular weight is 242 g/mol. The van der Waals surface area contributed by atoms with Gasteiger partial charge >= 0.3 is 0 Å². The molecule has 0 aliphatic heterocycles. The van der Waals surface area contributed by atoms with Crippen molar-refractivity contribution in [3.8, 4) is 0 Å². The molecule has 0 aliphatic carbocycles. The van der Waals surface area contributed by atoms with Crippen molar-refractivity contribution in [3.63, 3.8) is 0 Å². The Hall–Kier alpha value is -0.910. The monoisotopic (exact) mass is 242 g/mol. The second-order valence-corrected chi connectivity index (χ2v) is 4.97. The molecule has 90 valence electrons. The van der Waals surface area contributed by atoms with Crippen LogP contribution < -0.4 is 11.1 Å². The van der Waals surface area contributed by atoms with E-state index < -0.39 is 6.10 Å². The highest BCUT2D eigenvalue weighted by Gasteiger charge is 2.15. The molecule has 1 aromatic heterocycles. The summed E-state index contributed by atoms with van der Waals surface area (Å²) in [6.07, 6.45) is -0.554. The minimum absolute atomic E-state index is 0.159. The van der Waals surface area contributed by atoms with Gasteiger partial charge in [-0.3, -0.25) is 4.79 Å². The Morgan fingerprint density at radius 2 is 2.31 bits per heavy atom. The predicted molar refractivity (Wildman–Crippen MR) is 65.5 cm³/mol. The van der Waals surface area contributed by atoms with Crippen LogP contribution in [0.25, 0.3) is 0 Å². The van der Waals surface area contributed by atoms with Crippen LogP contribution in [0.1, 0.15) is 15.3 Å². The Morgan fingerprint density at radius 1 is 1.62 bits per heavy atom. The maximum atomic E-state index is 11.6. The Labute approximate surface area is 99.8 Å². The van der Waals surface area contributed by atoms with E-state index in [1.54, 1.807) is 11.3 Å². The largest absolute Gasteiger partial charge is 0.370 e. The first-order valence-corrected chi connectivity index (χ1v) is 5.96. The van der Waals surface area contributed by atoms with Crippen molar-refractivity contribution in [3.05, 3.63) is 21.4 Å². The molecule has 1 amide bonds. The fraction of sp³-hybridized carbons (Fsp3) is 0.545. The van der Waals surface area contributed by atoms with Crippen LogP contribution in [0.3, 0.4) is 0 Å². The summed E-state index contributed by atoms with van der Waals surface area (Å²) in [6, 6.07) is 2.09. The van der Waals surface area contributed by atoms with Gasteiger partial charge in [-0.2, -0.15) is 0 Å². The molecule has 1 heterocycles. The zero-order chi connectivity index (χ0) is 12.1. The highest BCUT2D eigenvalue weighted by atomic mass is 32.1. The van der Waals surface area contributed by atoms with Gasteiger partial charge in [-0.15, -0.1) is 11.3 Å². The van der Waals surface area contributed by atoms with E-state index in [-0.39, 0.29) is 12.5 Å². The molecule has 0 saturated carbocycles. The van der Waals surface area contributed by atoms with Crippen molar-refractivity contribution in [1.29, 1.82) is 0 Å². The van der Waals surface area contributed by atoms with Gasteiger partial charge in [0, 0.05) is 23.4 Å². The standard InChI is InChI=1S/C11H18N2O2S/c1-7-4-9(16-8(7)2)6-13-11(14)10(5-12)15-3/h4,10H,5-6,12H2,1-3H3,(H,13,14). The molecule has 0 saturated heterocycles. The lowest BCUT2D eigenvalue weighted by Gasteiger charge is -2.12. The normalized spacial score (nSPS) is 12.5. The van der Waals surface area contributed by atoms with Crippen molar-refractivity contribution in [2.45, 2.75) is 26.5 Å². The van der Waals surface area contributed by atoms with Crippen LogP contribution in [0.2, 0.25) is 0 Å². The summed E-state index contributed by atoms with van der Waals surface area (Å²) < 4.78 is 4.94. The molecule has 0 aromatic carbocycles.